The van der Waals surface area contributed by atoms with Crippen molar-refractivity contribution in [1.29, 1.82) is 0 Å². The van der Waals surface area contributed by atoms with Crippen LogP contribution in [0.25, 0.3) is 0 Å². The van der Waals surface area contributed by atoms with Crippen LogP contribution in [-0.4, -0.2) is 21.8 Å². The fourth-order valence-corrected chi connectivity index (χ4v) is 2.62. The lowest BCUT2D eigenvalue weighted by Gasteiger charge is -2.44. The summed E-state index contributed by atoms with van der Waals surface area (Å²) in [6.07, 6.45) is 2.51. The minimum Gasteiger partial charge on any atom is -0.481 e. The van der Waals surface area contributed by atoms with Crippen LogP contribution in [0.1, 0.15) is 46.5 Å². The Morgan fingerprint density at radius 3 is 2.43 bits per heavy atom. The number of carboxylic acids is 1. The van der Waals surface area contributed by atoms with Gasteiger partial charge in [-0.3, -0.25) is 4.79 Å². The first-order valence-corrected chi connectivity index (χ1v) is 5.26. The van der Waals surface area contributed by atoms with Crippen LogP contribution in [0.15, 0.2) is 0 Å². The van der Waals surface area contributed by atoms with Crippen molar-refractivity contribution >= 4 is 5.97 Å². The monoisotopic (exact) mass is 200 g/mol. The van der Waals surface area contributed by atoms with E-state index in [2.05, 4.69) is 0 Å². The highest BCUT2D eigenvalue weighted by Gasteiger charge is 2.46. The van der Waals surface area contributed by atoms with Crippen LogP contribution in [0.2, 0.25) is 0 Å². The van der Waals surface area contributed by atoms with Crippen molar-refractivity contribution in [3.63, 3.8) is 0 Å². The fourth-order valence-electron chi connectivity index (χ4n) is 2.62. The summed E-state index contributed by atoms with van der Waals surface area (Å²) in [7, 11) is 0. The second kappa shape index (κ2) is 3.54. The molecule has 0 heterocycles. The van der Waals surface area contributed by atoms with E-state index in [0.29, 0.717) is 25.7 Å². The van der Waals surface area contributed by atoms with Crippen molar-refractivity contribution in [3.05, 3.63) is 0 Å². The molecule has 0 aromatic heterocycles. The maximum atomic E-state index is 11.0. The zero-order valence-corrected chi connectivity index (χ0v) is 9.21. The molecule has 0 aromatic rings. The van der Waals surface area contributed by atoms with E-state index in [0.717, 1.165) is 0 Å². The molecule has 3 heteroatoms. The van der Waals surface area contributed by atoms with E-state index >= 15 is 0 Å². The molecule has 0 spiro atoms. The van der Waals surface area contributed by atoms with Gasteiger partial charge < -0.3 is 10.2 Å². The van der Waals surface area contributed by atoms with Gasteiger partial charge in [-0.05, 0) is 31.1 Å². The predicted octanol–water partition coefficient (Wildman–Crippen LogP) is 2.04. The average molecular weight is 200 g/mol. The Bertz CT molecular complexity index is 235. The van der Waals surface area contributed by atoms with E-state index in [1.807, 2.05) is 20.8 Å². The number of aliphatic carboxylic acids is 1. The summed E-state index contributed by atoms with van der Waals surface area (Å²) in [5, 5.41) is 19.2. The number of carbonyl (C=O) groups is 1. The summed E-state index contributed by atoms with van der Waals surface area (Å²) in [5.41, 5.74) is -0.940. The lowest BCUT2D eigenvalue weighted by Crippen LogP contribution is -2.45. The Labute approximate surface area is 85.1 Å². The highest BCUT2D eigenvalue weighted by Crippen LogP contribution is 2.46. The molecule has 1 saturated carbocycles. The molecular weight excluding hydrogens is 180 g/mol. The van der Waals surface area contributed by atoms with E-state index in [1.54, 1.807) is 0 Å². The lowest BCUT2D eigenvalue weighted by atomic mass is 9.63. The highest BCUT2D eigenvalue weighted by molar-refractivity contribution is 5.71. The smallest absolute Gasteiger partial charge is 0.307 e. The van der Waals surface area contributed by atoms with Crippen LogP contribution in [0.5, 0.6) is 0 Å². The Morgan fingerprint density at radius 1 is 1.50 bits per heavy atom. The molecule has 0 radical (unpaired) electrons. The molecule has 2 N–H and O–H groups in total. The third-order valence-corrected chi connectivity index (χ3v) is 3.58. The van der Waals surface area contributed by atoms with Gasteiger partial charge in [0.25, 0.3) is 0 Å². The summed E-state index contributed by atoms with van der Waals surface area (Å²) in [5.74, 6) is -1.04. The minimum absolute atomic E-state index is 0.297. The molecular formula is C11H20O3. The highest BCUT2D eigenvalue weighted by atomic mass is 16.4. The average Bonchev–Trinajstić information content (AvgIpc) is 2.01. The SMILES string of the molecule is CC[C@]1(O)CC[C@H](C(=O)O)C(C)(C)C1. The third-order valence-electron chi connectivity index (χ3n) is 3.58. The molecule has 1 aliphatic rings. The van der Waals surface area contributed by atoms with Crippen molar-refractivity contribution in [1.82, 2.24) is 0 Å². The molecule has 2 atom stereocenters. The van der Waals surface area contributed by atoms with Gasteiger partial charge >= 0.3 is 5.97 Å². The quantitative estimate of drug-likeness (QED) is 0.717. The lowest BCUT2D eigenvalue weighted by molar-refractivity contribution is -0.153. The first-order valence-electron chi connectivity index (χ1n) is 5.26. The molecule has 0 amide bonds. The third kappa shape index (κ3) is 2.08. The summed E-state index contributed by atoms with van der Waals surface area (Å²) in [6.45, 7) is 5.83. The minimum atomic E-state index is -0.729. The molecule has 1 fully saturated rings. The van der Waals surface area contributed by atoms with Crippen molar-refractivity contribution in [2.75, 3.05) is 0 Å². The van der Waals surface area contributed by atoms with E-state index in [4.69, 9.17) is 5.11 Å². The Balaban J connectivity index is 2.80. The molecule has 1 rings (SSSR count). The number of hydrogen-bond donors (Lipinski definition) is 2. The molecule has 14 heavy (non-hydrogen) atoms. The van der Waals surface area contributed by atoms with E-state index in [1.165, 1.54) is 0 Å². The maximum absolute atomic E-state index is 11.0. The van der Waals surface area contributed by atoms with E-state index in [9.17, 15) is 9.90 Å². The topological polar surface area (TPSA) is 57.5 Å². The molecule has 0 aliphatic heterocycles. The van der Waals surface area contributed by atoms with Gasteiger partial charge in [0.1, 0.15) is 0 Å². The van der Waals surface area contributed by atoms with Gasteiger partial charge in [-0.15, -0.1) is 0 Å². The summed E-state index contributed by atoms with van der Waals surface area (Å²) >= 11 is 0. The summed E-state index contributed by atoms with van der Waals surface area (Å²) in [6, 6.07) is 0. The van der Waals surface area contributed by atoms with Crippen LogP contribution in [0.3, 0.4) is 0 Å². The number of hydrogen-bond acceptors (Lipinski definition) is 2. The van der Waals surface area contributed by atoms with Crippen molar-refractivity contribution in [2.24, 2.45) is 11.3 Å². The fraction of sp³-hybridized carbons (Fsp3) is 0.909. The molecule has 0 bridgehead atoms. The van der Waals surface area contributed by atoms with Crippen LogP contribution in [0.4, 0.5) is 0 Å². The Kier molecular flexibility index (Phi) is 2.91. The zero-order chi connectivity index (χ0) is 11.0. The van der Waals surface area contributed by atoms with Crippen LogP contribution >= 0.6 is 0 Å². The van der Waals surface area contributed by atoms with Crippen LogP contribution < -0.4 is 0 Å². The second-order valence-electron chi connectivity index (χ2n) is 5.17. The second-order valence-corrected chi connectivity index (χ2v) is 5.17. The van der Waals surface area contributed by atoms with Gasteiger partial charge in [0.2, 0.25) is 0 Å². The van der Waals surface area contributed by atoms with Gasteiger partial charge in [-0.2, -0.15) is 0 Å². The van der Waals surface area contributed by atoms with Gasteiger partial charge in [0, 0.05) is 0 Å². The van der Waals surface area contributed by atoms with Gasteiger partial charge in [0.05, 0.1) is 11.5 Å². The van der Waals surface area contributed by atoms with Crippen LogP contribution in [-0.2, 0) is 4.79 Å². The molecule has 0 saturated heterocycles. The molecule has 0 aromatic carbocycles. The summed E-state index contributed by atoms with van der Waals surface area (Å²) in [4.78, 5) is 11.0. The summed E-state index contributed by atoms with van der Waals surface area (Å²) < 4.78 is 0. The first-order chi connectivity index (χ1) is 6.31. The molecule has 3 nitrogen and oxygen atoms in total. The largest absolute Gasteiger partial charge is 0.481 e. The van der Waals surface area contributed by atoms with Crippen LogP contribution in [0, 0.1) is 11.3 Å². The van der Waals surface area contributed by atoms with Gasteiger partial charge in [-0.25, -0.2) is 0 Å². The van der Waals surface area contributed by atoms with Gasteiger partial charge in [0.15, 0.2) is 0 Å². The molecule has 1 aliphatic carbocycles. The van der Waals surface area contributed by atoms with Crippen molar-refractivity contribution in [3.8, 4) is 0 Å². The van der Waals surface area contributed by atoms with E-state index in [-0.39, 0.29) is 11.3 Å². The number of aliphatic hydroxyl groups is 1. The first kappa shape index (κ1) is 11.5. The molecule has 0 unspecified atom stereocenters. The maximum Gasteiger partial charge on any atom is 0.307 e. The molecule has 82 valence electrons. The normalized spacial score (nSPS) is 36.7. The standard InChI is InChI=1S/C11H20O3/c1-4-11(14)6-5-8(9(12)13)10(2,3)7-11/h8,14H,4-7H2,1-3H3,(H,12,13)/t8-,11+/m1/s1. The predicted molar refractivity (Wildman–Crippen MR) is 54.0 cm³/mol. The zero-order valence-electron chi connectivity index (χ0n) is 9.21. The Hall–Kier alpha value is -0.570. The van der Waals surface area contributed by atoms with Gasteiger partial charge in [-0.1, -0.05) is 20.8 Å². The van der Waals surface area contributed by atoms with E-state index < -0.39 is 11.6 Å². The van der Waals surface area contributed by atoms with Crippen molar-refractivity contribution in [2.45, 2.75) is 52.1 Å². The van der Waals surface area contributed by atoms with Crippen molar-refractivity contribution < 1.29 is 15.0 Å². The Morgan fingerprint density at radius 2 is 2.07 bits per heavy atom. The number of carboxylic acid groups (broad SMARTS) is 1. The number of rotatable bonds is 2.